The van der Waals surface area contributed by atoms with Gasteiger partial charge in [-0.15, -0.1) is 0 Å². The maximum Gasteiger partial charge on any atom is 0.0623 e. The fourth-order valence-electron chi connectivity index (χ4n) is 4.14. The summed E-state index contributed by atoms with van der Waals surface area (Å²) < 4.78 is 0. The minimum absolute atomic E-state index is 0.570. The first-order valence-corrected chi connectivity index (χ1v) is 11.4. The van der Waals surface area contributed by atoms with Gasteiger partial charge in [0.15, 0.2) is 0 Å². The standard InChI is InChI=1S/C29H33N/c1-4-5-6-7-24-8-10-25(11-9-24)12-13-27-15-19-28(23(2)22-27)18-14-26-16-20-29(30-3)21-17-26/h15-17,19-22,24-25H,3-11H2,1-2H3. The van der Waals surface area contributed by atoms with Crippen molar-refractivity contribution in [2.75, 3.05) is 0 Å². The van der Waals surface area contributed by atoms with Crippen molar-refractivity contribution in [2.45, 2.75) is 65.2 Å². The Kier molecular flexibility index (Phi) is 8.35. The molecule has 0 spiro atoms. The summed E-state index contributed by atoms with van der Waals surface area (Å²) in [6.07, 6.45) is 10.8. The van der Waals surface area contributed by atoms with Crippen molar-refractivity contribution < 1.29 is 0 Å². The second kappa shape index (κ2) is 11.4. The Morgan fingerprint density at radius 2 is 1.63 bits per heavy atom. The number of aliphatic imine (C=N–C) groups is 1. The van der Waals surface area contributed by atoms with Crippen molar-refractivity contribution in [3.05, 3.63) is 64.7 Å². The molecule has 0 aliphatic heterocycles. The molecule has 2 aromatic rings. The van der Waals surface area contributed by atoms with E-state index in [1.165, 1.54) is 56.9 Å². The minimum Gasteiger partial charge on any atom is -0.265 e. The van der Waals surface area contributed by atoms with Crippen LogP contribution in [0.2, 0.25) is 0 Å². The number of aryl methyl sites for hydroxylation is 1. The van der Waals surface area contributed by atoms with Gasteiger partial charge in [0.05, 0.1) is 5.69 Å². The van der Waals surface area contributed by atoms with Crippen molar-refractivity contribution in [3.63, 3.8) is 0 Å². The van der Waals surface area contributed by atoms with Gasteiger partial charge in [-0.3, -0.25) is 4.99 Å². The van der Waals surface area contributed by atoms with Gasteiger partial charge in [-0.25, -0.2) is 0 Å². The Morgan fingerprint density at radius 3 is 2.30 bits per heavy atom. The fraction of sp³-hybridized carbons (Fsp3) is 0.414. The summed E-state index contributed by atoms with van der Waals surface area (Å²) in [4.78, 5) is 3.91. The molecule has 0 bridgehead atoms. The normalized spacial score (nSPS) is 17.9. The van der Waals surface area contributed by atoms with Crippen LogP contribution in [-0.2, 0) is 0 Å². The van der Waals surface area contributed by atoms with Crippen LogP contribution in [0, 0.1) is 42.4 Å². The molecule has 0 heterocycles. The average molecular weight is 396 g/mol. The molecule has 1 nitrogen and oxygen atoms in total. The van der Waals surface area contributed by atoms with Crippen molar-refractivity contribution in [2.24, 2.45) is 16.8 Å². The van der Waals surface area contributed by atoms with Crippen LogP contribution in [0.15, 0.2) is 47.5 Å². The molecular formula is C29H33N. The first-order chi connectivity index (χ1) is 14.7. The van der Waals surface area contributed by atoms with E-state index < -0.39 is 0 Å². The maximum atomic E-state index is 3.91. The highest BCUT2D eigenvalue weighted by molar-refractivity contribution is 5.52. The summed E-state index contributed by atoms with van der Waals surface area (Å²) in [5, 5.41) is 0. The molecular weight excluding hydrogens is 362 g/mol. The summed E-state index contributed by atoms with van der Waals surface area (Å²) in [6.45, 7) is 7.94. The van der Waals surface area contributed by atoms with Crippen LogP contribution in [0.4, 0.5) is 5.69 Å². The van der Waals surface area contributed by atoms with Crippen LogP contribution < -0.4 is 0 Å². The summed E-state index contributed by atoms with van der Waals surface area (Å²) >= 11 is 0. The lowest BCUT2D eigenvalue weighted by Crippen LogP contribution is -2.13. The third kappa shape index (κ3) is 6.64. The van der Waals surface area contributed by atoms with E-state index in [9.17, 15) is 0 Å². The van der Waals surface area contributed by atoms with Crippen LogP contribution in [0.1, 0.15) is 80.5 Å². The fourth-order valence-corrected chi connectivity index (χ4v) is 4.14. The number of hydrogen-bond donors (Lipinski definition) is 0. The zero-order valence-corrected chi connectivity index (χ0v) is 18.5. The van der Waals surface area contributed by atoms with E-state index in [1.807, 2.05) is 24.3 Å². The van der Waals surface area contributed by atoms with Gasteiger partial charge < -0.3 is 0 Å². The monoisotopic (exact) mass is 395 g/mol. The third-order valence-electron chi connectivity index (χ3n) is 6.10. The van der Waals surface area contributed by atoms with E-state index in [-0.39, 0.29) is 0 Å². The van der Waals surface area contributed by atoms with E-state index in [0.29, 0.717) is 5.92 Å². The smallest absolute Gasteiger partial charge is 0.0623 e. The molecule has 0 unspecified atom stereocenters. The molecule has 1 saturated carbocycles. The lowest BCUT2D eigenvalue weighted by atomic mass is 9.80. The number of benzene rings is 2. The zero-order valence-electron chi connectivity index (χ0n) is 18.5. The Labute approximate surface area is 183 Å². The first-order valence-electron chi connectivity index (χ1n) is 11.4. The second-order valence-corrected chi connectivity index (χ2v) is 8.47. The summed E-state index contributed by atoms with van der Waals surface area (Å²) in [5.74, 6) is 15.0. The van der Waals surface area contributed by atoms with Gasteiger partial charge in [-0.05, 0) is 93.3 Å². The van der Waals surface area contributed by atoms with Crippen molar-refractivity contribution >= 4 is 12.4 Å². The van der Waals surface area contributed by atoms with Crippen LogP contribution in [0.5, 0.6) is 0 Å². The molecule has 2 aromatic carbocycles. The average Bonchev–Trinajstić information content (AvgIpc) is 2.78. The predicted molar refractivity (Wildman–Crippen MR) is 129 cm³/mol. The van der Waals surface area contributed by atoms with Crippen LogP contribution in [0.3, 0.4) is 0 Å². The first kappa shape index (κ1) is 21.9. The number of hydrogen-bond acceptors (Lipinski definition) is 1. The van der Waals surface area contributed by atoms with E-state index in [2.05, 4.69) is 67.4 Å². The molecule has 0 radical (unpaired) electrons. The Morgan fingerprint density at radius 1 is 0.900 bits per heavy atom. The van der Waals surface area contributed by atoms with Gasteiger partial charge in [0.25, 0.3) is 0 Å². The molecule has 0 atom stereocenters. The molecule has 1 aliphatic carbocycles. The number of nitrogens with zero attached hydrogens (tertiary/aromatic N) is 1. The third-order valence-corrected chi connectivity index (χ3v) is 6.10. The Bertz CT molecular complexity index is 951. The molecule has 1 fully saturated rings. The van der Waals surface area contributed by atoms with Gasteiger partial charge >= 0.3 is 0 Å². The number of rotatable bonds is 5. The van der Waals surface area contributed by atoms with Crippen molar-refractivity contribution in [1.29, 1.82) is 0 Å². The largest absolute Gasteiger partial charge is 0.265 e. The summed E-state index contributed by atoms with van der Waals surface area (Å²) in [6, 6.07) is 14.2. The second-order valence-electron chi connectivity index (χ2n) is 8.47. The Balaban J connectivity index is 1.56. The molecule has 0 N–H and O–H groups in total. The summed E-state index contributed by atoms with van der Waals surface area (Å²) in [5.41, 5.74) is 5.18. The molecule has 30 heavy (non-hydrogen) atoms. The SMILES string of the molecule is C=Nc1ccc(C#Cc2ccc(C#CC3CCC(CCCCC)CC3)cc2C)cc1. The van der Waals surface area contributed by atoms with Crippen molar-refractivity contribution in [1.82, 2.24) is 0 Å². The van der Waals surface area contributed by atoms with Gasteiger partial charge in [0.1, 0.15) is 0 Å². The predicted octanol–water partition coefficient (Wildman–Crippen LogP) is 7.47. The van der Waals surface area contributed by atoms with Crippen LogP contribution in [-0.4, -0.2) is 6.72 Å². The van der Waals surface area contributed by atoms with Crippen LogP contribution in [0.25, 0.3) is 0 Å². The quantitative estimate of drug-likeness (QED) is 0.283. The van der Waals surface area contributed by atoms with Gasteiger partial charge in [-0.2, -0.15) is 0 Å². The molecule has 1 aliphatic rings. The molecule has 0 aromatic heterocycles. The highest BCUT2D eigenvalue weighted by atomic mass is 14.7. The molecule has 0 amide bonds. The van der Waals surface area contributed by atoms with E-state index in [0.717, 1.165) is 28.3 Å². The molecule has 3 rings (SSSR count). The lowest BCUT2D eigenvalue weighted by Gasteiger charge is -2.25. The van der Waals surface area contributed by atoms with Gasteiger partial charge in [0.2, 0.25) is 0 Å². The van der Waals surface area contributed by atoms with E-state index in [1.54, 1.807) is 0 Å². The van der Waals surface area contributed by atoms with Crippen molar-refractivity contribution in [3.8, 4) is 23.7 Å². The van der Waals surface area contributed by atoms with E-state index >= 15 is 0 Å². The highest BCUT2D eigenvalue weighted by Crippen LogP contribution is 2.31. The van der Waals surface area contributed by atoms with Gasteiger partial charge in [-0.1, -0.05) is 56.3 Å². The molecule has 1 heteroatoms. The lowest BCUT2D eigenvalue weighted by molar-refractivity contribution is 0.294. The number of unbranched alkanes of at least 4 members (excludes halogenated alkanes) is 2. The topological polar surface area (TPSA) is 12.4 Å². The Hall–Kier alpha value is -2.77. The van der Waals surface area contributed by atoms with E-state index in [4.69, 9.17) is 0 Å². The minimum atomic E-state index is 0.570. The maximum absolute atomic E-state index is 3.91. The zero-order chi connectivity index (χ0) is 21.2. The van der Waals surface area contributed by atoms with Gasteiger partial charge in [0, 0.05) is 22.6 Å². The molecule has 0 saturated heterocycles. The highest BCUT2D eigenvalue weighted by Gasteiger charge is 2.19. The molecule has 154 valence electrons. The van der Waals surface area contributed by atoms with Crippen LogP contribution >= 0.6 is 0 Å². The summed E-state index contributed by atoms with van der Waals surface area (Å²) in [7, 11) is 0.